The zero-order valence-corrected chi connectivity index (χ0v) is 34.8. The molecule has 7 nitrogen and oxygen atoms in total. The molecule has 0 spiro atoms. The van der Waals surface area contributed by atoms with Gasteiger partial charge in [-0.05, 0) is 123 Å². The van der Waals surface area contributed by atoms with Gasteiger partial charge in [0.2, 0.25) is 0 Å². The summed E-state index contributed by atoms with van der Waals surface area (Å²) in [5, 5.41) is 12.0. The summed E-state index contributed by atoms with van der Waals surface area (Å²) in [6.45, 7) is 18.1. The number of nitrogens with one attached hydrogen (secondary N) is 3. The maximum absolute atomic E-state index is 6.94. The van der Waals surface area contributed by atoms with Crippen molar-refractivity contribution >= 4 is 0 Å². The van der Waals surface area contributed by atoms with Crippen LogP contribution in [0.5, 0.6) is 0 Å². The molecule has 10 atom stereocenters. The van der Waals surface area contributed by atoms with E-state index in [1.807, 2.05) is 12.3 Å². The lowest BCUT2D eigenvalue weighted by Crippen LogP contribution is -2.53. The van der Waals surface area contributed by atoms with Gasteiger partial charge in [0.05, 0.1) is 17.9 Å². The highest BCUT2D eigenvalue weighted by Crippen LogP contribution is 2.41. The van der Waals surface area contributed by atoms with E-state index in [-0.39, 0.29) is 18.3 Å². The third-order valence-electron chi connectivity index (χ3n) is 12.7. The number of nitrogens with zero attached hydrogens (tertiary/aromatic N) is 1. The van der Waals surface area contributed by atoms with Gasteiger partial charge in [-0.2, -0.15) is 0 Å². The van der Waals surface area contributed by atoms with Crippen LogP contribution in [0, 0.1) is 29.6 Å². The smallest absolute Gasteiger partial charge is 0.115 e. The number of piperidine rings is 3. The van der Waals surface area contributed by atoms with E-state index in [1.165, 1.54) is 81.8 Å². The topological polar surface area (TPSA) is 76.7 Å². The Kier molecular flexibility index (Phi) is 16.3. The first-order chi connectivity index (χ1) is 26.2. The van der Waals surface area contributed by atoms with Gasteiger partial charge in [0, 0.05) is 56.7 Å². The largest absolute Gasteiger partial charge is 0.376 e. The third kappa shape index (κ3) is 11.8. The fourth-order valence-electron chi connectivity index (χ4n) is 9.95. The number of hydrogen-bond acceptors (Lipinski definition) is 7. The van der Waals surface area contributed by atoms with Gasteiger partial charge >= 0.3 is 0 Å². The van der Waals surface area contributed by atoms with E-state index < -0.39 is 0 Å². The van der Waals surface area contributed by atoms with Crippen molar-refractivity contribution in [1.82, 2.24) is 20.9 Å². The van der Waals surface area contributed by atoms with E-state index >= 15 is 0 Å². The molecular weight excluding hydrogens is 669 g/mol. The monoisotopic (exact) mass is 745 g/mol. The van der Waals surface area contributed by atoms with Crippen LogP contribution < -0.4 is 16.0 Å². The summed E-state index contributed by atoms with van der Waals surface area (Å²) in [5.74, 6) is 3.38. The fraction of sp³-hybridized carbons (Fsp3) is 0.766. The molecule has 1 aromatic carbocycles. The van der Waals surface area contributed by atoms with Crippen molar-refractivity contribution in [2.45, 2.75) is 167 Å². The Hall–Kier alpha value is -1.87. The summed E-state index contributed by atoms with van der Waals surface area (Å²) in [5.41, 5.74) is 3.85. The van der Waals surface area contributed by atoms with E-state index in [0.717, 1.165) is 45.0 Å². The van der Waals surface area contributed by atoms with Crippen LogP contribution in [0.4, 0.5) is 0 Å². The van der Waals surface area contributed by atoms with E-state index in [9.17, 15) is 0 Å². The Balaban J connectivity index is 1.07. The molecule has 54 heavy (non-hydrogen) atoms. The number of pyridine rings is 1. The zero-order chi connectivity index (χ0) is 37.9. The van der Waals surface area contributed by atoms with E-state index in [1.54, 1.807) is 0 Å². The molecule has 6 rings (SSSR count). The summed E-state index contributed by atoms with van der Waals surface area (Å²) < 4.78 is 20.1. The number of aromatic nitrogens is 1. The minimum atomic E-state index is 0.00188. The Labute approximate surface area is 329 Å². The standard InChI is InChI=1S/C47H76N4O3/c1-32(2)29-52-45(41-15-7-9-25-48-41)36-21-19-35(20-22-36)39-23-24-43(50-28-39)46(53-30-33(3)4)38-14-11-13-37(27-38)40-17-12-18-44(51-40)47(54-31-34(5)6)42-16-8-10-26-49-42/h8,10,16,19-22,26,32-34,37-41,43-48,50-51H,7,9,11-15,17-18,23-25,27-31H2,1-6H3. The van der Waals surface area contributed by atoms with Crippen molar-refractivity contribution in [3.8, 4) is 0 Å². The maximum Gasteiger partial charge on any atom is 0.115 e. The highest BCUT2D eigenvalue weighted by atomic mass is 16.5. The van der Waals surface area contributed by atoms with Crippen LogP contribution >= 0.6 is 0 Å². The third-order valence-corrected chi connectivity index (χ3v) is 12.7. The predicted molar refractivity (Wildman–Crippen MR) is 222 cm³/mol. The van der Waals surface area contributed by atoms with Crippen molar-refractivity contribution in [3.05, 3.63) is 65.5 Å². The number of rotatable bonds is 17. The molecule has 4 fully saturated rings. The molecule has 0 amide bonds. The summed E-state index contributed by atoms with van der Waals surface area (Å²) in [7, 11) is 0. The first kappa shape index (κ1) is 41.8. The number of ether oxygens (including phenoxy) is 3. The molecule has 3 N–H and O–H groups in total. The van der Waals surface area contributed by atoms with Crippen LogP contribution in [-0.4, -0.2) is 68.2 Å². The first-order valence-electron chi connectivity index (χ1n) is 22.3. The van der Waals surface area contributed by atoms with Crippen LogP contribution in [0.1, 0.15) is 154 Å². The predicted octanol–water partition coefficient (Wildman–Crippen LogP) is 9.55. The Morgan fingerprint density at radius 2 is 1.37 bits per heavy atom. The van der Waals surface area contributed by atoms with Crippen molar-refractivity contribution in [2.24, 2.45) is 29.6 Å². The minimum absolute atomic E-state index is 0.00188. The molecule has 10 unspecified atom stereocenters. The van der Waals surface area contributed by atoms with Crippen molar-refractivity contribution in [1.29, 1.82) is 0 Å². The summed E-state index contributed by atoms with van der Waals surface area (Å²) in [6, 6.07) is 17.4. The lowest BCUT2D eigenvalue weighted by Gasteiger charge is -2.45. The van der Waals surface area contributed by atoms with Gasteiger partial charge in [-0.1, -0.05) is 91.1 Å². The molecule has 1 aromatic heterocycles. The quantitative estimate of drug-likeness (QED) is 0.149. The lowest BCUT2D eigenvalue weighted by atomic mass is 9.71. The molecule has 1 aliphatic carbocycles. The highest BCUT2D eigenvalue weighted by Gasteiger charge is 2.40. The van der Waals surface area contributed by atoms with Crippen molar-refractivity contribution in [3.63, 3.8) is 0 Å². The van der Waals surface area contributed by atoms with Crippen molar-refractivity contribution in [2.75, 3.05) is 32.9 Å². The van der Waals surface area contributed by atoms with Gasteiger partial charge in [-0.25, -0.2) is 0 Å². The molecule has 4 heterocycles. The molecule has 2 aromatic rings. The van der Waals surface area contributed by atoms with Crippen LogP contribution in [-0.2, 0) is 14.2 Å². The van der Waals surface area contributed by atoms with Crippen LogP contribution in [0.3, 0.4) is 0 Å². The van der Waals surface area contributed by atoms with Gasteiger partial charge in [0.1, 0.15) is 6.10 Å². The van der Waals surface area contributed by atoms with Gasteiger partial charge < -0.3 is 30.2 Å². The normalized spacial score (nSPS) is 30.1. The molecular formula is C47H76N4O3. The summed E-state index contributed by atoms with van der Waals surface area (Å²) in [4.78, 5) is 4.76. The molecule has 7 heteroatoms. The second kappa shape index (κ2) is 21.0. The van der Waals surface area contributed by atoms with Crippen LogP contribution in [0.2, 0.25) is 0 Å². The van der Waals surface area contributed by atoms with E-state index in [0.29, 0.717) is 59.7 Å². The number of hydrogen-bond donors (Lipinski definition) is 3. The SMILES string of the molecule is CC(C)COC(c1ccc(C2CCC(C(OCC(C)C)C3CCCC(C4CCCC(C(OCC(C)C)c5ccccn5)N4)C3)NC2)cc1)C1CCCCN1. The second-order valence-corrected chi connectivity index (χ2v) is 18.8. The van der Waals surface area contributed by atoms with Gasteiger partial charge in [-0.3, -0.25) is 4.98 Å². The maximum atomic E-state index is 6.94. The second-order valence-electron chi connectivity index (χ2n) is 18.8. The fourth-order valence-corrected chi connectivity index (χ4v) is 9.95. The zero-order valence-electron chi connectivity index (χ0n) is 34.8. The van der Waals surface area contributed by atoms with E-state index in [2.05, 4.69) is 93.9 Å². The molecule has 4 aliphatic rings. The molecule has 3 saturated heterocycles. The Morgan fingerprint density at radius 1 is 0.648 bits per heavy atom. The van der Waals surface area contributed by atoms with Gasteiger partial charge in [0.25, 0.3) is 0 Å². The molecule has 3 aliphatic heterocycles. The summed E-state index contributed by atoms with van der Waals surface area (Å²) in [6.07, 6.45) is 17.3. The minimum Gasteiger partial charge on any atom is -0.376 e. The molecule has 0 radical (unpaired) electrons. The first-order valence-corrected chi connectivity index (χ1v) is 22.3. The van der Waals surface area contributed by atoms with E-state index in [4.69, 9.17) is 19.2 Å². The van der Waals surface area contributed by atoms with Crippen LogP contribution in [0.25, 0.3) is 0 Å². The molecule has 1 saturated carbocycles. The van der Waals surface area contributed by atoms with Crippen LogP contribution in [0.15, 0.2) is 48.7 Å². The Bertz CT molecular complexity index is 1320. The molecule has 302 valence electrons. The van der Waals surface area contributed by atoms with Gasteiger partial charge in [0.15, 0.2) is 0 Å². The van der Waals surface area contributed by atoms with Crippen molar-refractivity contribution < 1.29 is 14.2 Å². The average molecular weight is 745 g/mol. The number of benzene rings is 1. The Morgan fingerprint density at radius 3 is 2.04 bits per heavy atom. The summed E-state index contributed by atoms with van der Waals surface area (Å²) >= 11 is 0. The average Bonchev–Trinajstić information content (AvgIpc) is 3.19. The van der Waals surface area contributed by atoms with Gasteiger partial charge in [-0.15, -0.1) is 0 Å². The molecule has 0 bridgehead atoms. The highest BCUT2D eigenvalue weighted by molar-refractivity contribution is 5.28. The lowest BCUT2D eigenvalue weighted by molar-refractivity contribution is -0.0507.